The Labute approximate surface area is 119 Å². The summed E-state index contributed by atoms with van der Waals surface area (Å²) in [6.07, 6.45) is 0. The molecule has 0 aliphatic rings. The van der Waals surface area contributed by atoms with Crippen LogP contribution in [0.3, 0.4) is 0 Å². The monoisotopic (exact) mass is 281 g/mol. The molecular weight excluding hydrogens is 258 g/mol. The Morgan fingerprint density at radius 1 is 1.40 bits per heavy atom. The number of benzene rings is 1. The van der Waals surface area contributed by atoms with Gasteiger partial charge in [0.15, 0.2) is 11.5 Å². The smallest absolute Gasteiger partial charge is 0.320 e. The minimum Gasteiger partial charge on any atom is -0.493 e. The van der Waals surface area contributed by atoms with E-state index < -0.39 is 12.0 Å². The molecule has 0 heterocycles. The average molecular weight is 281 g/mol. The fourth-order valence-corrected chi connectivity index (χ4v) is 2.00. The first-order chi connectivity index (χ1) is 9.51. The van der Waals surface area contributed by atoms with Crippen molar-refractivity contribution in [3.8, 4) is 11.5 Å². The van der Waals surface area contributed by atoms with E-state index in [9.17, 15) is 9.90 Å². The molecule has 5 heteroatoms. The molecule has 0 saturated heterocycles. The lowest BCUT2D eigenvalue weighted by Gasteiger charge is -2.20. The second-order valence-corrected chi connectivity index (χ2v) is 4.82. The summed E-state index contributed by atoms with van der Waals surface area (Å²) in [5.41, 5.74) is 0.887. The SMILES string of the molecule is CCOc1c(CN[C@H](C(=O)O)C(C)C)cccc1OC. The van der Waals surface area contributed by atoms with Crippen LogP contribution in [-0.2, 0) is 11.3 Å². The van der Waals surface area contributed by atoms with Crippen LogP contribution in [0.15, 0.2) is 18.2 Å². The lowest BCUT2D eigenvalue weighted by Crippen LogP contribution is -2.40. The molecule has 0 fully saturated rings. The summed E-state index contributed by atoms with van der Waals surface area (Å²) in [6.45, 7) is 6.60. The molecule has 0 bridgehead atoms. The van der Waals surface area contributed by atoms with Gasteiger partial charge in [0, 0.05) is 12.1 Å². The fraction of sp³-hybridized carbons (Fsp3) is 0.533. The number of aliphatic carboxylic acids is 1. The van der Waals surface area contributed by atoms with Gasteiger partial charge >= 0.3 is 5.97 Å². The molecule has 0 amide bonds. The number of carboxylic acid groups (broad SMARTS) is 1. The number of nitrogens with one attached hydrogen (secondary N) is 1. The van der Waals surface area contributed by atoms with Crippen LogP contribution in [0.5, 0.6) is 11.5 Å². The number of hydrogen-bond acceptors (Lipinski definition) is 4. The third kappa shape index (κ3) is 4.13. The molecule has 0 aliphatic heterocycles. The molecule has 20 heavy (non-hydrogen) atoms. The predicted octanol–water partition coefficient (Wildman–Crippen LogP) is 2.29. The fourth-order valence-electron chi connectivity index (χ4n) is 2.00. The van der Waals surface area contributed by atoms with Crippen LogP contribution in [0.4, 0.5) is 0 Å². The molecule has 1 atom stereocenters. The highest BCUT2D eigenvalue weighted by atomic mass is 16.5. The molecule has 1 rings (SSSR count). The summed E-state index contributed by atoms with van der Waals surface area (Å²) < 4.78 is 10.9. The van der Waals surface area contributed by atoms with E-state index in [-0.39, 0.29) is 5.92 Å². The number of hydrogen-bond donors (Lipinski definition) is 2. The maximum Gasteiger partial charge on any atom is 0.320 e. The van der Waals surface area contributed by atoms with Gasteiger partial charge in [-0.2, -0.15) is 0 Å². The predicted molar refractivity (Wildman–Crippen MR) is 77.3 cm³/mol. The summed E-state index contributed by atoms with van der Waals surface area (Å²) in [5.74, 6) is 0.481. The second-order valence-electron chi connectivity index (χ2n) is 4.82. The standard InChI is InChI=1S/C15H23NO4/c1-5-20-14-11(7-6-8-12(14)19-4)9-16-13(10(2)3)15(17)18/h6-8,10,13,16H,5,9H2,1-4H3,(H,17,18)/t13-/m0/s1. The number of para-hydroxylation sites is 1. The maximum absolute atomic E-state index is 11.2. The van der Waals surface area contributed by atoms with Gasteiger partial charge in [-0.1, -0.05) is 26.0 Å². The number of ether oxygens (including phenoxy) is 2. The Bertz CT molecular complexity index is 445. The first kappa shape index (κ1) is 16.3. The van der Waals surface area contributed by atoms with Crippen molar-refractivity contribution in [2.45, 2.75) is 33.4 Å². The van der Waals surface area contributed by atoms with Gasteiger partial charge in [-0.15, -0.1) is 0 Å². The van der Waals surface area contributed by atoms with E-state index in [1.54, 1.807) is 7.11 Å². The van der Waals surface area contributed by atoms with E-state index in [2.05, 4.69) is 5.32 Å². The molecule has 1 aromatic carbocycles. The highest BCUT2D eigenvalue weighted by Crippen LogP contribution is 2.31. The van der Waals surface area contributed by atoms with Crippen molar-refractivity contribution in [2.75, 3.05) is 13.7 Å². The minimum absolute atomic E-state index is 0.00801. The van der Waals surface area contributed by atoms with Gasteiger partial charge in [0.2, 0.25) is 0 Å². The van der Waals surface area contributed by atoms with E-state index in [0.29, 0.717) is 24.7 Å². The van der Waals surface area contributed by atoms with Crippen LogP contribution in [0.1, 0.15) is 26.3 Å². The molecule has 0 aromatic heterocycles. The third-order valence-corrected chi connectivity index (χ3v) is 3.01. The third-order valence-electron chi connectivity index (χ3n) is 3.01. The van der Waals surface area contributed by atoms with Crippen molar-refractivity contribution in [3.63, 3.8) is 0 Å². The van der Waals surface area contributed by atoms with E-state index in [1.165, 1.54) is 0 Å². The Balaban J connectivity index is 2.88. The first-order valence-electron chi connectivity index (χ1n) is 6.76. The van der Waals surface area contributed by atoms with Gasteiger partial charge in [0.1, 0.15) is 6.04 Å². The second kappa shape index (κ2) is 7.75. The van der Waals surface area contributed by atoms with Crippen LogP contribution in [0.25, 0.3) is 0 Å². The normalized spacial score (nSPS) is 12.2. The van der Waals surface area contributed by atoms with E-state index >= 15 is 0 Å². The zero-order chi connectivity index (χ0) is 15.1. The lowest BCUT2D eigenvalue weighted by atomic mass is 10.0. The van der Waals surface area contributed by atoms with Crippen LogP contribution in [0.2, 0.25) is 0 Å². The van der Waals surface area contributed by atoms with Crippen molar-refractivity contribution in [2.24, 2.45) is 5.92 Å². The van der Waals surface area contributed by atoms with Crippen molar-refractivity contribution in [1.29, 1.82) is 0 Å². The van der Waals surface area contributed by atoms with E-state index in [0.717, 1.165) is 5.56 Å². The highest BCUT2D eigenvalue weighted by Gasteiger charge is 2.21. The molecule has 2 N–H and O–H groups in total. The largest absolute Gasteiger partial charge is 0.493 e. The van der Waals surface area contributed by atoms with Gasteiger partial charge in [-0.05, 0) is 18.9 Å². The Hall–Kier alpha value is -1.75. The van der Waals surface area contributed by atoms with Crippen LogP contribution in [-0.4, -0.2) is 30.8 Å². The van der Waals surface area contributed by atoms with Crippen LogP contribution < -0.4 is 14.8 Å². The number of carbonyl (C=O) groups is 1. The minimum atomic E-state index is -0.846. The Morgan fingerprint density at radius 2 is 2.10 bits per heavy atom. The van der Waals surface area contributed by atoms with Crippen LogP contribution in [0, 0.1) is 5.92 Å². The molecular formula is C15H23NO4. The van der Waals surface area contributed by atoms with Gasteiger partial charge in [-0.3, -0.25) is 10.1 Å². The molecule has 0 aliphatic carbocycles. The van der Waals surface area contributed by atoms with E-state index in [1.807, 2.05) is 39.0 Å². The Kier molecular flexibility index (Phi) is 6.31. The topological polar surface area (TPSA) is 67.8 Å². The molecule has 0 saturated carbocycles. The summed E-state index contributed by atoms with van der Waals surface area (Å²) in [6, 6.07) is 5.00. The number of carboxylic acids is 1. The first-order valence-corrected chi connectivity index (χ1v) is 6.76. The zero-order valence-electron chi connectivity index (χ0n) is 12.5. The van der Waals surface area contributed by atoms with Gasteiger partial charge in [-0.25, -0.2) is 0 Å². The maximum atomic E-state index is 11.2. The number of methoxy groups -OCH3 is 1. The molecule has 112 valence electrons. The number of rotatable bonds is 8. The molecule has 0 unspecified atom stereocenters. The van der Waals surface area contributed by atoms with E-state index in [4.69, 9.17) is 9.47 Å². The van der Waals surface area contributed by atoms with Gasteiger partial charge in [0.05, 0.1) is 13.7 Å². The van der Waals surface area contributed by atoms with Crippen LogP contribution >= 0.6 is 0 Å². The average Bonchev–Trinajstić information content (AvgIpc) is 2.39. The van der Waals surface area contributed by atoms with Crippen molar-refractivity contribution in [1.82, 2.24) is 5.32 Å². The van der Waals surface area contributed by atoms with Crippen molar-refractivity contribution in [3.05, 3.63) is 23.8 Å². The van der Waals surface area contributed by atoms with Crippen molar-refractivity contribution >= 4 is 5.97 Å². The quantitative estimate of drug-likeness (QED) is 0.765. The lowest BCUT2D eigenvalue weighted by molar-refractivity contribution is -0.140. The summed E-state index contributed by atoms with van der Waals surface area (Å²) in [7, 11) is 1.59. The molecule has 0 spiro atoms. The summed E-state index contributed by atoms with van der Waals surface area (Å²) >= 11 is 0. The van der Waals surface area contributed by atoms with Crippen molar-refractivity contribution < 1.29 is 19.4 Å². The summed E-state index contributed by atoms with van der Waals surface area (Å²) in [5, 5.41) is 12.2. The van der Waals surface area contributed by atoms with Gasteiger partial charge < -0.3 is 14.6 Å². The molecule has 0 radical (unpaired) electrons. The molecule has 5 nitrogen and oxygen atoms in total. The highest BCUT2D eigenvalue weighted by molar-refractivity contribution is 5.73. The Morgan fingerprint density at radius 3 is 2.60 bits per heavy atom. The zero-order valence-corrected chi connectivity index (χ0v) is 12.5. The van der Waals surface area contributed by atoms with Gasteiger partial charge in [0.25, 0.3) is 0 Å². The summed E-state index contributed by atoms with van der Waals surface area (Å²) in [4.78, 5) is 11.2. The molecule has 1 aromatic rings.